The summed E-state index contributed by atoms with van der Waals surface area (Å²) in [7, 11) is 5.50. The van der Waals surface area contributed by atoms with E-state index in [9.17, 15) is 14.7 Å². The quantitative estimate of drug-likeness (QED) is 0.256. The zero-order chi connectivity index (χ0) is 36.1. The zero-order valence-electron chi connectivity index (χ0n) is 31.7. The first-order valence-corrected chi connectivity index (χ1v) is 18.3. The number of hydrogen-bond donors (Lipinski definition) is 1. The number of cyclic esters (lactones) is 1. The Morgan fingerprint density at radius 1 is 1.04 bits per heavy atom. The minimum Gasteiger partial charge on any atom is -0.432 e. The molecule has 0 unspecified atom stereocenters. The molecule has 10 heteroatoms. The summed E-state index contributed by atoms with van der Waals surface area (Å²) in [6.45, 7) is 17.7. The number of hydrogen-bond acceptors (Lipinski definition) is 10. The number of esters is 1. The molecule has 0 aliphatic carbocycles. The number of fused-ring (bicyclic) bond motifs is 1. The monoisotopic (exact) mass is 685 g/mol. The van der Waals surface area contributed by atoms with E-state index in [1.165, 1.54) is 11.1 Å². The molecule has 49 heavy (non-hydrogen) atoms. The highest BCUT2D eigenvalue weighted by Gasteiger charge is 2.51. The van der Waals surface area contributed by atoms with Crippen LogP contribution in [0.25, 0.3) is 0 Å². The average Bonchev–Trinajstić information content (AvgIpc) is 3.47. The molecule has 8 atom stereocenters. The van der Waals surface area contributed by atoms with Gasteiger partial charge < -0.3 is 33.9 Å². The smallest absolute Gasteiger partial charge is 0.323 e. The number of nitrogens with zero attached hydrogens (tertiary/aromatic N) is 3. The van der Waals surface area contributed by atoms with Gasteiger partial charge in [-0.25, -0.2) is 0 Å². The van der Waals surface area contributed by atoms with Gasteiger partial charge >= 0.3 is 5.97 Å². The van der Waals surface area contributed by atoms with E-state index in [-0.39, 0.29) is 23.8 Å². The highest BCUT2D eigenvalue weighted by molar-refractivity contribution is 6.04. The van der Waals surface area contributed by atoms with E-state index in [1.807, 2.05) is 32.8 Å². The molecule has 0 aromatic heterocycles. The molecular weight excluding hydrogens is 622 g/mol. The lowest BCUT2D eigenvalue weighted by atomic mass is 9.74. The minimum absolute atomic E-state index is 0.122. The number of ether oxygens (including phenoxy) is 4. The van der Waals surface area contributed by atoms with Crippen LogP contribution in [0.5, 0.6) is 0 Å². The summed E-state index contributed by atoms with van der Waals surface area (Å²) < 4.78 is 25.0. The molecule has 1 fully saturated rings. The van der Waals surface area contributed by atoms with Crippen molar-refractivity contribution in [3.63, 3.8) is 0 Å². The first-order chi connectivity index (χ1) is 23.1. The number of benzene rings is 1. The van der Waals surface area contributed by atoms with Crippen molar-refractivity contribution < 1.29 is 33.6 Å². The van der Waals surface area contributed by atoms with Crippen molar-refractivity contribution in [2.24, 2.45) is 17.3 Å². The second kappa shape index (κ2) is 16.8. The van der Waals surface area contributed by atoms with Crippen LogP contribution in [0, 0.1) is 17.3 Å². The van der Waals surface area contributed by atoms with E-state index < -0.39 is 41.4 Å². The summed E-state index contributed by atoms with van der Waals surface area (Å²) in [5, 5.41) is 11.4. The molecule has 0 radical (unpaired) electrons. The summed E-state index contributed by atoms with van der Waals surface area (Å²) in [6, 6.07) is 8.43. The van der Waals surface area contributed by atoms with Gasteiger partial charge in [0, 0.05) is 50.9 Å². The van der Waals surface area contributed by atoms with Gasteiger partial charge in [-0.05, 0) is 97.5 Å². The lowest BCUT2D eigenvalue weighted by Crippen LogP contribution is -2.59. The summed E-state index contributed by atoms with van der Waals surface area (Å²) >= 11 is 0. The van der Waals surface area contributed by atoms with Crippen LogP contribution in [0.1, 0.15) is 91.7 Å². The molecule has 1 aromatic carbocycles. The van der Waals surface area contributed by atoms with Crippen molar-refractivity contribution in [3.05, 3.63) is 47.4 Å². The molecular formula is C39H63N3O7. The van der Waals surface area contributed by atoms with Crippen LogP contribution in [0.4, 0.5) is 0 Å². The number of rotatable bonds is 10. The van der Waals surface area contributed by atoms with Crippen LogP contribution in [0.2, 0.25) is 0 Å². The highest BCUT2D eigenvalue weighted by Crippen LogP contribution is 2.38. The Balaban J connectivity index is 1.61. The number of carbonyl (C=O) groups excluding carboxylic acids is 2. The van der Waals surface area contributed by atoms with Crippen molar-refractivity contribution in [2.45, 2.75) is 130 Å². The van der Waals surface area contributed by atoms with Crippen molar-refractivity contribution in [2.75, 3.05) is 40.8 Å². The van der Waals surface area contributed by atoms with Gasteiger partial charge in [-0.2, -0.15) is 0 Å². The van der Waals surface area contributed by atoms with E-state index in [1.54, 1.807) is 34.1 Å². The third-order valence-corrected chi connectivity index (χ3v) is 10.9. The maximum absolute atomic E-state index is 14.3. The van der Waals surface area contributed by atoms with Gasteiger partial charge in [-0.15, -0.1) is 0 Å². The molecule has 0 amide bonds. The number of ketones is 1. The Hall–Kier alpha value is -2.34. The molecule has 0 spiro atoms. The Kier molecular flexibility index (Phi) is 13.5. The van der Waals surface area contributed by atoms with Crippen molar-refractivity contribution in [1.82, 2.24) is 14.7 Å². The van der Waals surface area contributed by atoms with E-state index in [0.717, 1.165) is 51.1 Å². The lowest BCUT2D eigenvalue weighted by molar-refractivity contribution is -0.295. The molecule has 0 saturated carbocycles. The molecule has 4 rings (SSSR count). The molecule has 3 aliphatic rings. The standard InChI is InChI=1S/C39H63N3O7/c1-11-18-42-22-26(2)21-39(7,46-10)35(49-36-33(43)32(40(8)9)20-27(3)48-36)28(4)34(44)38(5,6)37(45)47-25-31(42)17-14-19-41-23-29-15-12-13-16-30(29)24-41/h12-13,15-16,25-28,32-33,35-36,43H,11,14,17-24H2,1-10H3/t26-,27-,28+,32+,33-,35-,36+,39-/m1/s1. The van der Waals surface area contributed by atoms with Gasteiger partial charge in [-0.3, -0.25) is 14.5 Å². The topological polar surface area (TPSA) is 101 Å². The molecule has 276 valence electrons. The van der Waals surface area contributed by atoms with Gasteiger partial charge in [0.2, 0.25) is 0 Å². The van der Waals surface area contributed by atoms with Crippen LogP contribution >= 0.6 is 0 Å². The predicted octanol–water partition coefficient (Wildman–Crippen LogP) is 5.37. The van der Waals surface area contributed by atoms with E-state index in [0.29, 0.717) is 19.4 Å². The van der Waals surface area contributed by atoms with Crippen LogP contribution in [-0.2, 0) is 41.6 Å². The summed E-state index contributed by atoms with van der Waals surface area (Å²) in [5.41, 5.74) is 1.34. The van der Waals surface area contributed by atoms with Crippen LogP contribution in [-0.4, -0.2) is 109 Å². The fraction of sp³-hybridized carbons (Fsp3) is 0.744. The first-order valence-electron chi connectivity index (χ1n) is 18.3. The SMILES string of the molecule is CCCN1C[C@H](C)C[C@@](C)(OC)[C@H](O[C@@H]2O[C@H](C)C[C@H](N(C)C)[C@H]2O)[C@@H](C)C(=O)C(C)(C)C(=O)OC=C1CCCN1Cc2ccccc2C1. The largest absolute Gasteiger partial charge is 0.432 e. The third kappa shape index (κ3) is 9.32. The number of allylic oxidation sites excluding steroid dienone is 1. The zero-order valence-corrected chi connectivity index (χ0v) is 31.7. The molecule has 1 aromatic rings. The van der Waals surface area contributed by atoms with E-state index >= 15 is 0 Å². The number of Topliss-reactive ketones (excluding diaryl/α,β-unsaturated/α-hetero) is 1. The predicted molar refractivity (Wildman–Crippen MR) is 190 cm³/mol. The number of aliphatic hydroxyl groups excluding tert-OH is 1. The fourth-order valence-electron chi connectivity index (χ4n) is 8.07. The molecule has 1 saturated heterocycles. The fourth-order valence-corrected chi connectivity index (χ4v) is 8.07. The number of aliphatic hydroxyl groups is 1. The van der Waals surface area contributed by atoms with Crippen LogP contribution < -0.4 is 0 Å². The molecule has 10 nitrogen and oxygen atoms in total. The average molecular weight is 686 g/mol. The summed E-state index contributed by atoms with van der Waals surface area (Å²) in [5.74, 6) is -1.56. The number of carbonyl (C=O) groups is 2. The minimum atomic E-state index is -1.46. The number of likely N-dealkylation sites (N-methyl/N-ethyl adjacent to an activating group) is 1. The Morgan fingerprint density at radius 3 is 2.29 bits per heavy atom. The first kappa shape index (κ1) is 39.4. The van der Waals surface area contributed by atoms with Gasteiger partial charge in [0.25, 0.3) is 0 Å². The summed E-state index contributed by atoms with van der Waals surface area (Å²) in [4.78, 5) is 34.8. The number of methoxy groups -OCH3 is 1. The normalized spacial score (nSPS) is 33.3. The van der Waals surface area contributed by atoms with E-state index in [4.69, 9.17) is 18.9 Å². The van der Waals surface area contributed by atoms with Gasteiger partial charge in [0.1, 0.15) is 17.8 Å². The molecule has 3 aliphatic heterocycles. The van der Waals surface area contributed by atoms with Gasteiger partial charge in [0.05, 0.1) is 17.8 Å². The van der Waals surface area contributed by atoms with Crippen molar-refractivity contribution in [1.29, 1.82) is 0 Å². The van der Waals surface area contributed by atoms with Crippen molar-refractivity contribution >= 4 is 11.8 Å². The second-order valence-electron chi connectivity index (χ2n) is 15.8. The van der Waals surface area contributed by atoms with Crippen LogP contribution in [0.3, 0.4) is 0 Å². The second-order valence-corrected chi connectivity index (χ2v) is 15.8. The van der Waals surface area contributed by atoms with Crippen molar-refractivity contribution in [3.8, 4) is 0 Å². The lowest BCUT2D eigenvalue weighted by Gasteiger charge is -2.47. The van der Waals surface area contributed by atoms with E-state index in [2.05, 4.69) is 47.9 Å². The Morgan fingerprint density at radius 2 is 1.69 bits per heavy atom. The maximum Gasteiger partial charge on any atom is 0.323 e. The molecule has 3 heterocycles. The highest BCUT2D eigenvalue weighted by atomic mass is 16.7. The Bertz CT molecular complexity index is 1280. The maximum atomic E-state index is 14.3. The molecule has 0 bridgehead atoms. The third-order valence-electron chi connectivity index (χ3n) is 10.9. The summed E-state index contributed by atoms with van der Waals surface area (Å²) in [6.07, 6.45) is 2.53. The molecule has 1 N–H and O–H groups in total. The van der Waals surface area contributed by atoms with Crippen LogP contribution in [0.15, 0.2) is 36.2 Å². The van der Waals surface area contributed by atoms with Gasteiger partial charge in [0.15, 0.2) is 12.1 Å². The Labute approximate surface area is 295 Å². The van der Waals surface area contributed by atoms with Gasteiger partial charge in [-0.1, -0.05) is 45.0 Å².